The standard InChI is InChI=1S/C24H41N5O2/c1-5-25-23(27-19-24(28(2)3)11-15-31-16-12-24)26-18-22(29-13-6-7-14-29)20-9-8-10-21(17-20)30-4/h8-10,17,22H,5-7,11-16,18-19H2,1-4H3,(H2,25,26,27). The molecule has 0 aliphatic carbocycles. The van der Waals surface area contributed by atoms with Crippen molar-refractivity contribution in [3.8, 4) is 5.75 Å². The molecular weight excluding hydrogens is 390 g/mol. The Morgan fingerprint density at radius 3 is 2.61 bits per heavy atom. The average Bonchev–Trinajstić information content (AvgIpc) is 3.33. The van der Waals surface area contributed by atoms with Crippen LogP contribution >= 0.6 is 0 Å². The second-order valence-electron chi connectivity index (χ2n) is 8.84. The van der Waals surface area contributed by atoms with E-state index in [4.69, 9.17) is 14.5 Å². The van der Waals surface area contributed by atoms with E-state index in [1.165, 1.54) is 18.4 Å². The van der Waals surface area contributed by atoms with Gasteiger partial charge in [-0.25, -0.2) is 0 Å². The van der Waals surface area contributed by atoms with E-state index in [0.717, 1.165) is 70.5 Å². The number of nitrogens with zero attached hydrogens (tertiary/aromatic N) is 3. The van der Waals surface area contributed by atoms with Crippen molar-refractivity contribution in [3.05, 3.63) is 29.8 Å². The van der Waals surface area contributed by atoms with Crippen LogP contribution in [0, 0.1) is 0 Å². The maximum atomic E-state index is 5.61. The smallest absolute Gasteiger partial charge is 0.191 e. The van der Waals surface area contributed by atoms with Crippen molar-refractivity contribution in [1.82, 2.24) is 20.4 Å². The minimum atomic E-state index is 0.0712. The predicted molar refractivity (Wildman–Crippen MR) is 127 cm³/mol. The maximum absolute atomic E-state index is 5.61. The predicted octanol–water partition coefficient (Wildman–Crippen LogP) is 2.50. The summed E-state index contributed by atoms with van der Waals surface area (Å²) in [7, 11) is 6.05. The lowest BCUT2D eigenvalue weighted by Gasteiger charge is -2.41. The third-order valence-electron chi connectivity index (χ3n) is 6.77. The summed E-state index contributed by atoms with van der Waals surface area (Å²) in [6.07, 6.45) is 4.57. The fourth-order valence-electron chi connectivity index (χ4n) is 4.62. The summed E-state index contributed by atoms with van der Waals surface area (Å²) in [6, 6.07) is 8.77. The number of guanidine groups is 1. The first kappa shape index (κ1) is 23.8. The summed E-state index contributed by atoms with van der Waals surface area (Å²) < 4.78 is 11.1. The van der Waals surface area contributed by atoms with Crippen molar-refractivity contribution in [2.75, 3.05) is 67.1 Å². The van der Waals surface area contributed by atoms with Gasteiger partial charge in [-0.3, -0.25) is 9.89 Å². The molecule has 7 heteroatoms. The molecule has 7 nitrogen and oxygen atoms in total. The summed E-state index contributed by atoms with van der Waals surface area (Å²) in [5.74, 6) is 1.80. The number of likely N-dealkylation sites (tertiary alicyclic amines) is 1. The molecule has 2 saturated heterocycles. The van der Waals surface area contributed by atoms with E-state index in [1.54, 1.807) is 7.11 Å². The quantitative estimate of drug-likeness (QED) is 0.463. The number of nitrogens with one attached hydrogen (secondary N) is 2. The summed E-state index contributed by atoms with van der Waals surface area (Å²) in [5, 5.41) is 7.08. The minimum absolute atomic E-state index is 0.0712. The van der Waals surface area contributed by atoms with E-state index in [2.05, 4.69) is 59.7 Å². The van der Waals surface area contributed by atoms with Crippen LogP contribution in [-0.2, 0) is 4.74 Å². The molecule has 1 aromatic rings. The second kappa shape index (κ2) is 11.7. The topological polar surface area (TPSA) is 61.4 Å². The second-order valence-corrected chi connectivity index (χ2v) is 8.84. The SMILES string of the molecule is CCNC(=NCC1(N(C)C)CCOCC1)NCC(c1cccc(OC)c1)N1CCCC1. The molecule has 1 aromatic carbocycles. The van der Waals surface area contributed by atoms with Gasteiger partial charge < -0.3 is 25.0 Å². The zero-order chi connectivity index (χ0) is 22.1. The number of ether oxygens (including phenoxy) is 2. The Balaban J connectivity index is 1.72. The Labute approximate surface area is 188 Å². The lowest BCUT2D eigenvalue weighted by molar-refractivity contribution is -0.00255. The maximum Gasteiger partial charge on any atom is 0.191 e. The van der Waals surface area contributed by atoms with Crippen LogP contribution in [0.15, 0.2) is 29.3 Å². The van der Waals surface area contributed by atoms with Gasteiger partial charge in [-0.15, -0.1) is 0 Å². The molecule has 2 N–H and O–H groups in total. The Kier molecular flexibility index (Phi) is 8.99. The zero-order valence-electron chi connectivity index (χ0n) is 19.8. The largest absolute Gasteiger partial charge is 0.497 e. The molecular formula is C24H41N5O2. The first-order chi connectivity index (χ1) is 15.1. The molecule has 0 bridgehead atoms. The van der Waals surface area contributed by atoms with Crippen molar-refractivity contribution in [2.45, 2.75) is 44.2 Å². The molecule has 2 aliphatic heterocycles. The highest BCUT2D eigenvalue weighted by Crippen LogP contribution is 2.28. The van der Waals surface area contributed by atoms with Crippen molar-refractivity contribution < 1.29 is 9.47 Å². The van der Waals surface area contributed by atoms with Crippen LogP contribution in [0.2, 0.25) is 0 Å². The number of likely N-dealkylation sites (N-methyl/N-ethyl adjacent to an activating group) is 1. The summed E-state index contributed by atoms with van der Waals surface area (Å²) in [6.45, 7) is 8.45. The van der Waals surface area contributed by atoms with Crippen LogP contribution in [0.3, 0.4) is 0 Å². The molecule has 0 radical (unpaired) electrons. The van der Waals surface area contributed by atoms with Crippen LogP contribution in [0.25, 0.3) is 0 Å². The van der Waals surface area contributed by atoms with Crippen molar-refractivity contribution >= 4 is 5.96 Å². The molecule has 2 fully saturated rings. The van der Waals surface area contributed by atoms with E-state index < -0.39 is 0 Å². The van der Waals surface area contributed by atoms with Gasteiger partial charge in [0.1, 0.15) is 5.75 Å². The number of aliphatic imine (C=N–C) groups is 1. The number of methoxy groups -OCH3 is 1. The third kappa shape index (κ3) is 6.34. The van der Waals surface area contributed by atoms with Gasteiger partial charge in [-0.1, -0.05) is 12.1 Å². The summed E-state index contributed by atoms with van der Waals surface area (Å²) in [5.41, 5.74) is 1.36. The number of benzene rings is 1. The van der Waals surface area contributed by atoms with E-state index in [9.17, 15) is 0 Å². The Morgan fingerprint density at radius 2 is 1.97 bits per heavy atom. The van der Waals surface area contributed by atoms with Crippen LogP contribution in [-0.4, -0.2) is 88.4 Å². The third-order valence-corrected chi connectivity index (χ3v) is 6.77. The Hall–Kier alpha value is -1.83. The normalized spacial score (nSPS) is 20.6. The average molecular weight is 432 g/mol. The van der Waals surface area contributed by atoms with Crippen LogP contribution in [0.4, 0.5) is 0 Å². The van der Waals surface area contributed by atoms with Crippen molar-refractivity contribution in [1.29, 1.82) is 0 Å². The van der Waals surface area contributed by atoms with Gasteiger partial charge in [0.2, 0.25) is 0 Å². The molecule has 0 aromatic heterocycles. The Bertz CT molecular complexity index is 697. The molecule has 1 unspecified atom stereocenters. The van der Waals surface area contributed by atoms with Crippen LogP contribution < -0.4 is 15.4 Å². The molecule has 0 saturated carbocycles. The highest BCUT2D eigenvalue weighted by Gasteiger charge is 2.34. The van der Waals surface area contributed by atoms with Gasteiger partial charge in [0, 0.05) is 31.8 Å². The van der Waals surface area contributed by atoms with E-state index >= 15 is 0 Å². The summed E-state index contributed by atoms with van der Waals surface area (Å²) in [4.78, 5) is 9.91. The molecule has 3 rings (SSSR count). The molecule has 174 valence electrons. The first-order valence-corrected chi connectivity index (χ1v) is 11.7. The van der Waals surface area contributed by atoms with Crippen LogP contribution in [0.1, 0.15) is 44.2 Å². The fraction of sp³-hybridized carbons (Fsp3) is 0.708. The van der Waals surface area contributed by atoms with Crippen molar-refractivity contribution in [3.63, 3.8) is 0 Å². The van der Waals surface area contributed by atoms with E-state index in [1.807, 2.05) is 6.07 Å². The van der Waals surface area contributed by atoms with Gasteiger partial charge >= 0.3 is 0 Å². The molecule has 0 amide bonds. The van der Waals surface area contributed by atoms with E-state index in [-0.39, 0.29) is 5.54 Å². The molecule has 0 spiro atoms. The lowest BCUT2D eigenvalue weighted by Crippen LogP contribution is -2.52. The first-order valence-electron chi connectivity index (χ1n) is 11.7. The van der Waals surface area contributed by atoms with Gasteiger partial charge in [0.15, 0.2) is 5.96 Å². The van der Waals surface area contributed by atoms with Crippen LogP contribution in [0.5, 0.6) is 5.75 Å². The van der Waals surface area contributed by atoms with Gasteiger partial charge in [0.25, 0.3) is 0 Å². The lowest BCUT2D eigenvalue weighted by atomic mass is 9.89. The molecule has 2 heterocycles. The number of hydrogen-bond acceptors (Lipinski definition) is 5. The Morgan fingerprint density at radius 1 is 1.23 bits per heavy atom. The van der Waals surface area contributed by atoms with Crippen molar-refractivity contribution in [2.24, 2.45) is 4.99 Å². The van der Waals surface area contributed by atoms with Gasteiger partial charge in [-0.05, 0) is 77.5 Å². The highest BCUT2D eigenvalue weighted by atomic mass is 16.5. The molecule has 1 atom stereocenters. The summed E-state index contributed by atoms with van der Waals surface area (Å²) >= 11 is 0. The number of hydrogen-bond donors (Lipinski definition) is 2. The monoisotopic (exact) mass is 431 g/mol. The zero-order valence-corrected chi connectivity index (χ0v) is 19.8. The molecule has 31 heavy (non-hydrogen) atoms. The molecule has 2 aliphatic rings. The van der Waals surface area contributed by atoms with Gasteiger partial charge in [-0.2, -0.15) is 0 Å². The van der Waals surface area contributed by atoms with E-state index in [0.29, 0.717) is 6.04 Å². The minimum Gasteiger partial charge on any atom is -0.497 e. The fourth-order valence-corrected chi connectivity index (χ4v) is 4.62. The highest BCUT2D eigenvalue weighted by molar-refractivity contribution is 5.79. The number of rotatable bonds is 9. The van der Waals surface area contributed by atoms with Gasteiger partial charge in [0.05, 0.1) is 19.7 Å².